The lowest BCUT2D eigenvalue weighted by Gasteiger charge is -2.47. The minimum Gasteiger partial charge on any atom is -0.507 e. The maximum Gasteiger partial charge on any atom is 0.168 e. The van der Waals surface area contributed by atoms with Gasteiger partial charge in [0.05, 0.1) is 37.7 Å². The molecule has 0 atom stereocenters. The van der Waals surface area contributed by atoms with Gasteiger partial charge in [0.1, 0.15) is 5.75 Å². The Kier molecular flexibility index (Phi) is 4.86. The van der Waals surface area contributed by atoms with E-state index in [0.29, 0.717) is 36.0 Å². The third-order valence-electron chi connectivity index (χ3n) is 6.59. The SMILES string of the molecule is Nc1nnc(-c2ccccc2O)cc1C#CC1(C2COC2)CCC2(CC1)OCCO2. The number of ether oxygens (including phenoxy) is 3. The number of phenolic OH excluding ortho intramolecular Hbond substituents is 1. The van der Waals surface area contributed by atoms with Gasteiger partial charge in [-0.1, -0.05) is 24.0 Å². The lowest BCUT2D eigenvalue weighted by atomic mass is 9.64. The van der Waals surface area contributed by atoms with Crippen molar-refractivity contribution in [2.75, 3.05) is 32.2 Å². The molecule has 1 aromatic carbocycles. The Balaban J connectivity index is 1.45. The largest absolute Gasteiger partial charge is 0.507 e. The molecular formula is C23H25N3O4. The van der Waals surface area contributed by atoms with E-state index in [-0.39, 0.29) is 17.0 Å². The second-order valence-corrected chi connectivity index (χ2v) is 8.29. The van der Waals surface area contributed by atoms with Gasteiger partial charge in [-0.05, 0) is 31.0 Å². The van der Waals surface area contributed by atoms with E-state index in [2.05, 4.69) is 22.0 Å². The number of hydrogen-bond donors (Lipinski definition) is 2. The highest BCUT2D eigenvalue weighted by molar-refractivity contribution is 5.69. The number of nitrogens with two attached hydrogens (primary N) is 1. The van der Waals surface area contributed by atoms with Crippen LogP contribution in [-0.4, -0.2) is 47.5 Å². The van der Waals surface area contributed by atoms with E-state index in [4.69, 9.17) is 19.9 Å². The molecule has 1 aromatic heterocycles. The topological polar surface area (TPSA) is 99.7 Å². The number of anilines is 1. The fourth-order valence-corrected chi connectivity index (χ4v) is 4.57. The molecule has 2 saturated heterocycles. The third kappa shape index (κ3) is 3.41. The van der Waals surface area contributed by atoms with Gasteiger partial charge in [0.15, 0.2) is 11.6 Å². The molecule has 156 valence electrons. The van der Waals surface area contributed by atoms with Gasteiger partial charge in [0.2, 0.25) is 0 Å². The molecule has 1 spiro atoms. The number of aromatic hydroxyl groups is 1. The number of nitrogen functional groups attached to an aromatic ring is 1. The fourth-order valence-electron chi connectivity index (χ4n) is 4.57. The molecule has 3 N–H and O–H groups in total. The quantitative estimate of drug-likeness (QED) is 0.739. The molecule has 0 bridgehead atoms. The summed E-state index contributed by atoms with van der Waals surface area (Å²) >= 11 is 0. The molecule has 2 aliphatic heterocycles. The molecule has 7 heteroatoms. The average molecular weight is 407 g/mol. The first kappa shape index (κ1) is 19.3. The van der Waals surface area contributed by atoms with Crippen molar-refractivity contribution in [2.45, 2.75) is 31.5 Å². The monoisotopic (exact) mass is 407 g/mol. The summed E-state index contributed by atoms with van der Waals surface area (Å²) in [6, 6.07) is 8.82. The molecule has 5 rings (SSSR count). The smallest absolute Gasteiger partial charge is 0.168 e. The van der Waals surface area contributed by atoms with Gasteiger partial charge in [0.25, 0.3) is 0 Å². The summed E-state index contributed by atoms with van der Waals surface area (Å²) in [5.41, 5.74) is 7.70. The molecule has 2 aromatic rings. The van der Waals surface area contributed by atoms with Crippen molar-refractivity contribution in [2.24, 2.45) is 11.3 Å². The second kappa shape index (κ2) is 7.55. The fraction of sp³-hybridized carbons (Fsp3) is 0.478. The van der Waals surface area contributed by atoms with Gasteiger partial charge >= 0.3 is 0 Å². The van der Waals surface area contributed by atoms with Crippen LogP contribution in [0.4, 0.5) is 5.82 Å². The average Bonchev–Trinajstić information content (AvgIpc) is 3.17. The first-order valence-corrected chi connectivity index (χ1v) is 10.4. The van der Waals surface area contributed by atoms with Gasteiger partial charge in [-0.15, -0.1) is 10.2 Å². The summed E-state index contributed by atoms with van der Waals surface area (Å²) in [5, 5.41) is 18.3. The van der Waals surface area contributed by atoms with Crippen molar-refractivity contribution in [3.05, 3.63) is 35.9 Å². The highest BCUT2D eigenvalue weighted by atomic mass is 16.7. The summed E-state index contributed by atoms with van der Waals surface area (Å²) in [5.74, 6) is 7.24. The van der Waals surface area contributed by atoms with Crippen LogP contribution < -0.4 is 5.73 Å². The molecule has 3 aliphatic rings. The highest BCUT2D eigenvalue weighted by Gasteiger charge is 2.50. The molecule has 3 heterocycles. The summed E-state index contributed by atoms with van der Waals surface area (Å²) in [6.45, 7) is 2.80. The first-order chi connectivity index (χ1) is 14.6. The Morgan fingerprint density at radius 2 is 1.77 bits per heavy atom. The first-order valence-electron chi connectivity index (χ1n) is 10.4. The van der Waals surface area contributed by atoms with Crippen molar-refractivity contribution in [1.29, 1.82) is 0 Å². The van der Waals surface area contributed by atoms with Crippen molar-refractivity contribution >= 4 is 5.82 Å². The summed E-state index contributed by atoms with van der Waals surface area (Å²) in [7, 11) is 0. The van der Waals surface area contributed by atoms with Crippen LogP contribution in [-0.2, 0) is 14.2 Å². The van der Waals surface area contributed by atoms with E-state index in [1.54, 1.807) is 24.3 Å². The van der Waals surface area contributed by atoms with Crippen LogP contribution in [0.15, 0.2) is 30.3 Å². The van der Waals surface area contributed by atoms with E-state index in [0.717, 1.165) is 38.9 Å². The molecule has 0 radical (unpaired) electrons. The number of phenols is 1. The van der Waals surface area contributed by atoms with Crippen molar-refractivity contribution in [3.8, 4) is 28.8 Å². The maximum atomic E-state index is 10.1. The van der Waals surface area contributed by atoms with Crippen LogP contribution in [0.3, 0.4) is 0 Å². The van der Waals surface area contributed by atoms with Crippen molar-refractivity contribution in [3.63, 3.8) is 0 Å². The maximum absolute atomic E-state index is 10.1. The predicted molar refractivity (Wildman–Crippen MR) is 110 cm³/mol. The summed E-state index contributed by atoms with van der Waals surface area (Å²) in [4.78, 5) is 0. The van der Waals surface area contributed by atoms with Gasteiger partial charge in [0, 0.05) is 29.7 Å². The lowest BCUT2D eigenvalue weighted by molar-refractivity contribution is -0.201. The van der Waals surface area contributed by atoms with E-state index < -0.39 is 5.79 Å². The Bertz CT molecular complexity index is 993. The minimum absolute atomic E-state index is 0.146. The molecule has 30 heavy (non-hydrogen) atoms. The molecule has 0 unspecified atom stereocenters. The number of nitrogens with zero attached hydrogens (tertiary/aromatic N) is 2. The molecule has 1 saturated carbocycles. The molecular weight excluding hydrogens is 382 g/mol. The van der Waals surface area contributed by atoms with Crippen LogP contribution in [0.2, 0.25) is 0 Å². The minimum atomic E-state index is -0.426. The lowest BCUT2D eigenvalue weighted by Crippen LogP contribution is -2.48. The number of aromatic nitrogens is 2. The van der Waals surface area contributed by atoms with Crippen LogP contribution in [0.5, 0.6) is 5.75 Å². The standard InChI is InChI=1S/C23H25N3O4/c24-21-16(13-19(25-26-21)18-3-1-2-4-20(18)27)5-6-22(17-14-28-15-17)7-9-23(10-8-22)29-11-12-30-23/h1-4,13,17,27H,7-12,14-15H2,(H2,24,26). The van der Waals surface area contributed by atoms with E-state index in [1.807, 2.05) is 6.07 Å². The Labute approximate surface area is 175 Å². The Morgan fingerprint density at radius 3 is 2.43 bits per heavy atom. The number of para-hydroxylation sites is 1. The molecule has 7 nitrogen and oxygen atoms in total. The zero-order chi connectivity index (χ0) is 20.6. The van der Waals surface area contributed by atoms with E-state index in [1.165, 1.54) is 0 Å². The van der Waals surface area contributed by atoms with Crippen LogP contribution in [0, 0.1) is 23.2 Å². The summed E-state index contributed by atoms with van der Waals surface area (Å²) in [6.07, 6.45) is 3.48. The van der Waals surface area contributed by atoms with Crippen molar-refractivity contribution in [1.82, 2.24) is 10.2 Å². The van der Waals surface area contributed by atoms with E-state index >= 15 is 0 Å². The Hall–Kier alpha value is -2.66. The van der Waals surface area contributed by atoms with Crippen LogP contribution in [0.1, 0.15) is 31.2 Å². The van der Waals surface area contributed by atoms with Gasteiger partial charge in [-0.2, -0.15) is 0 Å². The zero-order valence-electron chi connectivity index (χ0n) is 16.8. The highest BCUT2D eigenvalue weighted by Crippen LogP contribution is 2.50. The molecule has 0 amide bonds. The third-order valence-corrected chi connectivity index (χ3v) is 6.59. The normalized spacial score (nSPS) is 22.3. The van der Waals surface area contributed by atoms with Gasteiger partial charge in [-0.3, -0.25) is 0 Å². The molecule has 1 aliphatic carbocycles. The number of benzene rings is 1. The summed E-state index contributed by atoms with van der Waals surface area (Å²) < 4.78 is 17.3. The van der Waals surface area contributed by atoms with Crippen molar-refractivity contribution < 1.29 is 19.3 Å². The Morgan fingerprint density at radius 1 is 1.03 bits per heavy atom. The van der Waals surface area contributed by atoms with Gasteiger partial charge in [-0.25, -0.2) is 0 Å². The second-order valence-electron chi connectivity index (χ2n) is 8.29. The van der Waals surface area contributed by atoms with Crippen LogP contribution in [0.25, 0.3) is 11.3 Å². The van der Waals surface area contributed by atoms with Crippen LogP contribution >= 0.6 is 0 Å². The zero-order valence-corrected chi connectivity index (χ0v) is 16.8. The number of hydrogen-bond acceptors (Lipinski definition) is 7. The predicted octanol–water partition coefficient (Wildman–Crippen LogP) is 2.73. The van der Waals surface area contributed by atoms with Gasteiger partial charge < -0.3 is 25.1 Å². The number of rotatable bonds is 2. The molecule has 3 fully saturated rings. The van der Waals surface area contributed by atoms with E-state index in [9.17, 15) is 5.11 Å².